The molecule has 0 radical (unpaired) electrons. The summed E-state index contributed by atoms with van der Waals surface area (Å²) < 4.78 is 1.16. The van der Waals surface area contributed by atoms with Gasteiger partial charge >= 0.3 is 7.12 Å². The van der Waals surface area contributed by atoms with Crippen molar-refractivity contribution in [3.8, 4) is 33.4 Å². The average molecular weight is 609 g/mol. The van der Waals surface area contributed by atoms with Crippen molar-refractivity contribution >= 4 is 28.5 Å². The van der Waals surface area contributed by atoms with E-state index in [9.17, 15) is 0 Å². The maximum absolute atomic E-state index is 8.58. The van der Waals surface area contributed by atoms with Crippen molar-refractivity contribution in [1.82, 2.24) is 0 Å². The van der Waals surface area contributed by atoms with Crippen molar-refractivity contribution in [1.29, 1.82) is 0 Å². The van der Waals surface area contributed by atoms with Crippen molar-refractivity contribution in [2.24, 2.45) is 0 Å². The van der Waals surface area contributed by atoms with Crippen LogP contribution >= 0.6 is 15.9 Å². The van der Waals surface area contributed by atoms with E-state index in [1.54, 1.807) is 24.3 Å². The largest absolute Gasteiger partial charge is 0.488 e. The minimum absolute atomic E-state index is 0.525. The molecule has 2 nitrogen and oxygen atoms in total. The Kier molecular flexibility index (Phi) is 8.48. The second-order valence-electron chi connectivity index (χ2n) is 10.5. The van der Waals surface area contributed by atoms with E-state index in [1.165, 1.54) is 55.6 Å². The van der Waals surface area contributed by atoms with E-state index in [0.29, 0.717) is 5.46 Å². The van der Waals surface area contributed by atoms with Crippen LogP contribution in [0.5, 0.6) is 0 Å². The van der Waals surface area contributed by atoms with Crippen LogP contribution in [0, 0.1) is 0 Å². The zero-order valence-corrected chi connectivity index (χ0v) is 24.7. The van der Waals surface area contributed by atoms with Crippen LogP contribution in [0.25, 0.3) is 33.4 Å². The molecule has 0 aromatic heterocycles. The van der Waals surface area contributed by atoms with Gasteiger partial charge in [-0.2, -0.15) is 0 Å². The molecule has 2 aliphatic carbocycles. The van der Waals surface area contributed by atoms with E-state index in [1.807, 2.05) is 6.07 Å². The molecule has 6 aromatic rings. The molecule has 204 valence electrons. The minimum Gasteiger partial charge on any atom is -0.423 e. The molecule has 0 saturated heterocycles. The zero-order chi connectivity index (χ0) is 28.9. The Hall–Kier alpha value is -4.22. The van der Waals surface area contributed by atoms with Gasteiger partial charge in [0, 0.05) is 4.47 Å². The van der Waals surface area contributed by atoms with Crippen LogP contribution in [-0.2, 0) is 12.8 Å². The SMILES string of the molecule is Brc1ccc2c(c1)-c1ccccc1C2.OB(O)c1ccccc1.c1ccc(-c2ccc3c(c2)-c2ccccc2C3)cc1. The summed E-state index contributed by atoms with van der Waals surface area (Å²) in [7, 11) is -1.34. The lowest BCUT2D eigenvalue weighted by Crippen LogP contribution is -2.29. The van der Waals surface area contributed by atoms with Gasteiger partial charge in [-0.3, -0.25) is 0 Å². The first-order valence-corrected chi connectivity index (χ1v) is 14.9. The normalized spacial score (nSPS) is 11.5. The highest BCUT2D eigenvalue weighted by atomic mass is 79.9. The molecule has 0 aliphatic heterocycles. The second-order valence-corrected chi connectivity index (χ2v) is 11.4. The fourth-order valence-corrected chi connectivity index (χ4v) is 6.02. The molecule has 42 heavy (non-hydrogen) atoms. The quantitative estimate of drug-likeness (QED) is 0.194. The van der Waals surface area contributed by atoms with Crippen molar-refractivity contribution in [3.63, 3.8) is 0 Å². The smallest absolute Gasteiger partial charge is 0.423 e. The third-order valence-corrected chi connectivity index (χ3v) is 8.26. The summed E-state index contributed by atoms with van der Waals surface area (Å²) in [6.07, 6.45) is 2.15. The molecule has 4 heteroatoms. The van der Waals surface area contributed by atoms with Gasteiger partial charge in [-0.1, -0.05) is 143 Å². The molecule has 0 heterocycles. The Morgan fingerprint density at radius 2 is 0.905 bits per heavy atom. The Balaban J connectivity index is 0.000000121. The number of fused-ring (bicyclic) bond motifs is 6. The van der Waals surface area contributed by atoms with Gasteiger partial charge in [0.1, 0.15) is 0 Å². The average Bonchev–Trinajstić information content (AvgIpc) is 3.60. The Morgan fingerprint density at radius 1 is 0.429 bits per heavy atom. The molecule has 2 N–H and O–H groups in total. The maximum atomic E-state index is 8.58. The Labute approximate surface area is 256 Å². The van der Waals surface area contributed by atoms with Gasteiger partial charge in [0.2, 0.25) is 0 Å². The summed E-state index contributed by atoms with van der Waals surface area (Å²) >= 11 is 3.52. The third-order valence-electron chi connectivity index (χ3n) is 7.76. The molecule has 0 amide bonds. The van der Waals surface area contributed by atoms with Gasteiger partial charge in [0.05, 0.1) is 0 Å². The number of hydrogen-bond donors (Lipinski definition) is 2. The van der Waals surface area contributed by atoms with Crippen LogP contribution in [0.15, 0.2) is 150 Å². The number of hydrogen-bond acceptors (Lipinski definition) is 2. The predicted octanol–water partition coefficient (Wildman–Crippen LogP) is 8.31. The summed E-state index contributed by atoms with van der Waals surface area (Å²) in [5.41, 5.74) is 14.5. The maximum Gasteiger partial charge on any atom is 0.488 e. The lowest BCUT2D eigenvalue weighted by Gasteiger charge is -2.06. The van der Waals surface area contributed by atoms with Crippen molar-refractivity contribution in [3.05, 3.63) is 172 Å². The Morgan fingerprint density at radius 3 is 1.48 bits per heavy atom. The van der Waals surface area contributed by atoms with Gasteiger partial charge < -0.3 is 10.0 Å². The van der Waals surface area contributed by atoms with E-state index in [-0.39, 0.29) is 0 Å². The summed E-state index contributed by atoms with van der Waals surface area (Å²) in [5, 5.41) is 17.2. The molecular formula is C38H30BBrO2. The summed E-state index contributed by atoms with van der Waals surface area (Å²) in [6, 6.07) is 50.0. The molecule has 0 saturated carbocycles. The van der Waals surface area contributed by atoms with Crippen LogP contribution in [0.4, 0.5) is 0 Å². The first-order valence-electron chi connectivity index (χ1n) is 14.1. The van der Waals surface area contributed by atoms with Crippen LogP contribution < -0.4 is 5.46 Å². The first kappa shape index (κ1) is 27.9. The van der Waals surface area contributed by atoms with E-state index < -0.39 is 7.12 Å². The van der Waals surface area contributed by atoms with Crippen molar-refractivity contribution in [2.45, 2.75) is 12.8 Å². The molecule has 0 atom stereocenters. The molecule has 6 aromatic carbocycles. The minimum atomic E-state index is -1.34. The molecule has 0 spiro atoms. The van der Waals surface area contributed by atoms with Crippen LogP contribution in [0.1, 0.15) is 22.3 Å². The number of halogens is 1. The number of benzene rings is 6. The third kappa shape index (κ3) is 6.17. The lowest BCUT2D eigenvalue weighted by molar-refractivity contribution is 0.426. The van der Waals surface area contributed by atoms with Crippen LogP contribution in [0.2, 0.25) is 0 Å². The van der Waals surface area contributed by atoms with Crippen molar-refractivity contribution in [2.75, 3.05) is 0 Å². The fourth-order valence-electron chi connectivity index (χ4n) is 5.66. The van der Waals surface area contributed by atoms with Gasteiger partial charge in [-0.05, 0) is 92.1 Å². The van der Waals surface area contributed by atoms with E-state index in [4.69, 9.17) is 10.0 Å². The van der Waals surface area contributed by atoms with Crippen LogP contribution in [0.3, 0.4) is 0 Å². The van der Waals surface area contributed by atoms with E-state index in [2.05, 4.69) is 131 Å². The molecular weight excluding hydrogens is 579 g/mol. The Bertz CT molecular complexity index is 1820. The summed E-state index contributed by atoms with van der Waals surface area (Å²) in [6.45, 7) is 0. The summed E-state index contributed by atoms with van der Waals surface area (Å²) in [5.74, 6) is 0. The highest BCUT2D eigenvalue weighted by Crippen LogP contribution is 2.39. The second kappa shape index (κ2) is 12.7. The van der Waals surface area contributed by atoms with Gasteiger partial charge in [0.15, 0.2) is 0 Å². The van der Waals surface area contributed by atoms with Crippen LogP contribution in [-0.4, -0.2) is 17.2 Å². The zero-order valence-electron chi connectivity index (χ0n) is 23.1. The highest BCUT2D eigenvalue weighted by Gasteiger charge is 2.18. The molecule has 2 aliphatic rings. The standard InChI is InChI=1S/C19H14.C13H9Br.C6H7BO2/c1-2-6-14(7-3-1)15-10-11-17-12-16-8-4-5-9-18(16)19(17)13-15;14-11-6-5-10-7-9-3-1-2-4-12(9)13(10)8-11;8-7(9)6-4-2-1-3-5-6/h1-11,13H,12H2;1-6,8H,7H2;1-5,8-9H. The van der Waals surface area contributed by atoms with Gasteiger partial charge in [-0.15, -0.1) is 0 Å². The number of rotatable bonds is 2. The lowest BCUT2D eigenvalue weighted by atomic mass is 9.81. The van der Waals surface area contributed by atoms with Gasteiger partial charge in [0.25, 0.3) is 0 Å². The van der Waals surface area contributed by atoms with Gasteiger partial charge in [-0.25, -0.2) is 0 Å². The predicted molar refractivity (Wildman–Crippen MR) is 179 cm³/mol. The molecule has 0 unspecified atom stereocenters. The fraction of sp³-hybridized carbons (Fsp3) is 0.0526. The van der Waals surface area contributed by atoms with Crippen molar-refractivity contribution < 1.29 is 10.0 Å². The summed E-state index contributed by atoms with van der Waals surface area (Å²) in [4.78, 5) is 0. The highest BCUT2D eigenvalue weighted by molar-refractivity contribution is 9.10. The molecule has 8 rings (SSSR count). The molecule has 0 bridgehead atoms. The molecule has 0 fully saturated rings. The monoisotopic (exact) mass is 608 g/mol. The first-order chi connectivity index (χ1) is 20.6. The van der Waals surface area contributed by atoms with E-state index >= 15 is 0 Å². The topological polar surface area (TPSA) is 40.5 Å². The van der Waals surface area contributed by atoms with E-state index in [0.717, 1.165) is 17.3 Å².